The standard InChI is InChI=1S/C11H16N2O2/c14-9-11(13-10(15)12-9)7-3-1-4-8(11)6-2-5-7/h7-8H,1-6H2,(H2,12,13,14,15). The molecule has 2 saturated carbocycles. The average Bonchev–Trinajstić information content (AvgIpc) is 2.41. The lowest BCUT2D eigenvalue weighted by Crippen LogP contribution is -2.61. The van der Waals surface area contributed by atoms with Gasteiger partial charge in [0.2, 0.25) is 0 Å². The number of hydrogen-bond acceptors (Lipinski definition) is 2. The molecule has 1 heterocycles. The first kappa shape index (κ1) is 9.19. The van der Waals surface area contributed by atoms with Crippen molar-refractivity contribution in [3.8, 4) is 0 Å². The molecule has 3 aliphatic rings. The summed E-state index contributed by atoms with van der Waals surface area (Å²) in [5.74, 6) is 0.676. The number of carbonyl (C=O) groups is 2. The summed E-state index contributed by atoms with van der Waals surface area (Å²) in [6.07, 6.45) is 6.77. The first-order valence-electron chi connectivity index (χ1n) is 5.87. The molecule has 0 radical (unpaired) electrons. The summed E-state index contributed by atoms with van der Waals surface area (Å²) >= 11 is 0. The zero-order chi connectivity index (χ0) is 10.5. The van der Waals surface area contributed by atoms with Gasteiger partial charge in [0.15, 0.2) is 0 Å². The molecule has 2 N–H and O–H groups in total. The van der Waals surface area contributed by atoms with E-state index >= 15 is 0 Å². The van der Waals surface area contributed by atoms with Crippen LogP contribution in [0.15, 0.2) is 0 Å². The molecule has 2 bridgehead atoms. The summed E-state index contributed by atoms with van der Waals surface area (Å²) in [5.41, 5.74) is -0.534. The molecule has 4 nitrogen and oxygen atoms in total. The van der Waals surface area contributed by atoms with Crippen molar-refractivity contribution in [3.05, 3.63) is 0 Å². The summed E-state index contributed by atoms with van der Waals surface area (Å²) in [5, 5.41) is 5.34. The zero-order valence-electron chi connectivity index (χ0n) is 8.71. The molecular formula is C11H16N2O2. The highest BCUT2D eigenvalue weighted by Crippen LogP contribution is 2.48. The lowest BCUT2D eigenvalue weighted by Gasteiger charge is -2.48. The Bertz CT molecular complexity index is 305. The summed E-state index contributed by atoms with van der Waals surface area (Å²) < 4.78 is 0. The molecular weight excluding hydrogens is 192 g/mol. The van der Waals surface area contributed by atoms with Crippen LogP contribution < -0.4 is 10.6 Å². The molecule has 3 fully saturated rings. The number of rotatable bonds is 0. The van der Waals surface area contributed by atoms with E-state index < -0.39 is 5.54 Å². The number of urea groups is 1. The van der Waals surface area contributed by atoms with Gasteiger partial charge in [0.1, 0.15) is 5.54 Å². The van der Waals surface area contributed by atoms with Gasteiger partial charge in [-0.2, -0.15) is 0 Å². The molecule has 82 valence electrons. The number of nitrogens with one attached hydrogen (secondary N) is 2. The molecule has 2 aliphatic carbocycles. The van der Waals surface area contributed by atoms with Crippen LogP contribution in [0, 0.1) is 11.8 Å². The van der Waals surface area contributed by atoms with Gasteiger partial charge in [0, 0.05) is 0 Å². The van der Waals surface area contributed by atoms with E-state index in [0.29, 0.717) is 11.8 Å². The predicted octanol–water partition coefficient (Wildman–Crippen LogP) is 1.16. The van der Waals surface area contributed by atoms with Crippen LogP contribution in [-0.2, 0) is 4.79 Å². The quantitative estimate of drug-likeness (QED) is 0.587. The van der Waals surface area contributed by atoms with Crippen LogP contribution in [0.3, 0.4) is 0 Å². The molecule has 0 aromatic rings. The highest BCUT2D eigenvalue weighted by atomic mass is 16.2. The van der Waals surface area contributed by atoms with Gasteiger partial charge >= 0.3 is 6.03 Å². The van der Waals surface area contributed by atoms with Gasteiger partial charge in [0.05, 0.1) is 0 Å². The molecule has 0 aromatic heterocycles. The highest BCUT2D eigenvalue weighted by molar-refractivity contribution is 6.07. The van der Waals surface area contributed by atoms with Crippen molar-refractivity contribution in [3.63, 3.8) is 0 Å². The third kappa shape index (κ3) is 1.08. The Morgan fingerprint density at radius 3 is 1.93 bits per heavy atom. The third-order valence-electron chi connectivity index (χ3n) is 4.42. The monoisotopic (exact) mass is 208 g/mol. The van der Waals surface area contributed by atoms with Crippen molar-refractivity contribution in [2.75, 3.05) is 0 Å². The Balaban J connectivity index is 2.01. The van der Waals surface area contributed by atoms with Gasteiger partial charge in [-0.25, -0.2) is 4.79 Å². The summed E-state index contributed by atoms with van der Waals surface area (Å²) in [4.78, 5) is 23.3. The fourth-order valence-electron chi connectivity index (χ4n) is 3.81. The van der Waals surface area contributed by atoms with Crippen molar-refractivity contribution in [2.45, 2.75) is 44.1 Å². The Labute approximate surface area is 88.8 Å². The average molecular weight is 208 g/mol. The largest absolute Gasteiger partial charge is 0.323 e. The molecule has 0 unspecified atom stereocenters. The van der Waals surface area contributed by atoms with Crippen LogP contribution in [0.1, 0.15) is 38.5 Å². The molecule has 1 saturated heterocycles. The maximum Gasteiger partial charge on any atom is 0.322 e. The maximum absolute atomic E-state index is 12.0. The fraction of sp³-hybridized carbons (Fsp3) is 0.818. The van der Waals surface area contributed by atoms with Crippen molar-refractivity contribution in [2.24, 2.45) is 11.8 Å². The number of carbonyl (C=O) groups excluding carboxylic acids is 2. The molecule has 1 aliphatic heterocycles. The maximum atomic E-state index is 12.0. The van der Waals surface area contributed by atoms with Crippen LogP contribution in [0.2, 0.25) is 0 Å². The third-order valence-corrected chi connectivity index (χ3v) is 4.42. The Morgan fingerprint density at radius 2 is 1.53 bits per heavy atom. The number of amides is 3. The first-order valence-corrected chi connectivity index (χ1v) is 5.87. The molecule has 3 amide bonds. The molecule has 3 rings (SSSR count). The van der Waals surface area contributed by atoms with Crippen molar-refractivity contribution >= 4 is 11.9 Å². The lowest BCUT2D eigenvalue weighted by molar-refractivity contribution is -0.132. The van der Waals surface area contributed by atoms with E-state index in [1.165, 1.54) is 12.8 Å². The van der Waals surface area contributed by atoms with Crippen LogP contribution in [0.25, 0.3) is 0 Å². The van der Waals surface area contributed by atoms with Crippen LogP contribution in [-0.4, -0.2) is 17.5 Å². The fourth-order valence-corrected chi connectivity index (χ4v) is 3.81. The second kappa shape index (κ2) is 2.97. The van der Waals surface area contributed by atoms with Gasteiger partial charge in [-0.3, -0.25) is 10.1 Å². The minimum absolute atomic E-state index is 0.0677. The zero-order valence-corrected chi connectivity index (χ0v) is 8.71. The smallest absolute Gasteiger partial charge is 0.322 e. The van der Waals surface area contributed by atoms with Gasteiger partial charge < -0.3 is 5.32 Å². The minimum Gasteiger partial charge on any atom is -0.323 e. The van der Waals surface area contributed by atoms with Gasteiger partial charge in [0.25, 0.3) is 5.91 Å². The summed E-state index contributed by atoms with van der Waals surface area (Å²) in [6.45, 7) is 0. The second-order valence-electron chi connectivity index (χ2n) is 5.03. The van der Waals surface area contributed by atoms with Gasteiger partial charge in [-0.05, 0) is 37.5 Å². The van der Waals surface area contributed by atoms with Gasteiger partial charge in [-0.1, -0.05) is 12.8 Å². The van der Waals surface area contributed by atoms with E-state index in [9.17, 15) is 9.59 Å². The van der Waals surface area contributed by atoms with E-state index in [-0.39, 0.29) is 11.9 Å². The second-order valence-corrected chi connectivity index (χ2v) is 5.03. The Hall–Kier alpha value is -1.06. The number of hydrogen-bond donors (Lipinski definition) is 2. The van der Waals surface area contributed by atoms with Crippen molar-refractivity contribution < 1.29 is 9.59 Å². The van der Waals surface area contributed by atoms with Crippen molar-refractivity contribution in [1.82, 2.24) is 10.6 Å². The summed E-state index contributed by atoms with van der Waals surface area (Å²) in [6, 6.07) is -0.293. The topological polar surface area (TPSA) is 58.2 Å². The normalized spacial score (nSPS) is 44.0. The minimum atomic E-state index is -0.534. The van der Waals surface area contributed by atoms with E-state index in [1.807, 2.05) is 0 Å². The molecule has 1 spiro atoms. The Morgan fingerprint density at radius 1 is 1.00 bits per heavy atom. The highest BCUT2D eigenvalue weighted by Gasteiger charge is 2.58. The summed E-state index contributed by atoms with van der Waals surface area (Å²) in [7, 11) is 0. The molecule has 0 aromatic carbocycles. The van der Waals surface area contributed by atoms with E-state index in [2.05, 4.69) is 10.6 Å². The number of imide groups is 1. The molecule has 0 atom stereocenters. The van der Waals surface area contributed by atoms with E-state index in [4.69, 9.17) is 0 Å². The molecule has 15 heavy (non-hydrogen) atoms. The lowest BCUT2D eigenvalue weighted by atomic mass is 9.59. The van der Waals surface area contributed by atoms with Crippen LogP contribution >= 0.6 is 0 Å². The molecule has 4 heteroatoms. The van der Waals surface area contributed by atoms with Crippen LogP contribution in [0.5, 0.6) is 0 Å². The first-order chi connectivity index (χ1) is 7.23. The van der Waals surface area contributed by atoms with E-state index in [1.54, 1.807) is 0 Å². The Kier molecular flexibility index (Phi) is 1.82. The van der Waals surface area contributed by atoms with Crippen molar-refractivity contribution in [1.29, 1.82) is 0 Å². The SMILES string of the molecule is O=C1NC(=O)C2(N1)C1CCCC2CCC1. The van der Waals surface area contributed by atoms with Crippen LogP contribution in [0.4, 0.5) is 4.79 Å². The predicted molar refractivity (Wildman–Crippen MR) is 54.1 cm³/mol. The van der Waals surface area contributed by atoms with E-state index in [0.717, 1.165) is 25.7 Å². The van der Waals surface area contributed by atoms with Gasteiger partial charge in [-0.15, -0.1) is 0 Å².